The van der Waals surface area contributed by atoms with Gasteiger partial charge in [-0.2, -0.15) is 0 Å². The van der Waals surface area contributed by atoms with E-state index in [0.29, 0.717) is 0 Å². The van der Waals surface area contributed by atoms with Gasteiger partial charge in [0, 0.05) is 16.5 Å². The zero-order valence-electron chi connectivity index (χ0n) is 21.1. The summed E-state index contributed by atoms with van der Waals surface area (Å²) < 4.78 is 12.0. The minimum absolute atomic E-state index is 0.223. The van der Waals surface area contributed by atoms with Crippen molar-refractivity contribution in [3.8, 4) is 33.8 Å². The molecule has 0 aliphatic carbocycles. The summed E-state index contributed by atoms with van der Waals surface area (Å²) in [4.78, 5) is 0. The summed E-state index contributed by atoms with van der Waals surface area (Å²) in [6.07, 6.45) is 0. The van der Waals surface area contributed by atoms with Crippen LogP contribution >= 0.6 is 0 Å². The Bertz CT molecular complexity index is 1250. The Hall–Kier alpha value is -3.52. The third kappa shape index (κ3) is 5.02. The molecule has 2 heteroatoms. The average Bonchev–Trinajstić information content (AvgIpc) is 2.84. The molecule has 4 rings (SSSR count). The van der Waals surface area contributed by atoms with E-state index in [2.05, 4.69) is 120 Å². The molecule has 0 radical (unpaired) electrons. The van der Waals surface area contributed by atoms with Crippen LogP contribution in [0.3, 0.4) is 0 Å². The minimum atomic E-state index is -0.277. The molecule has 0 saturated heterocycles. The summed E-state index contributed by atoms with van der Waals surface area (Å²) in [5.41, 5.74) is 6.48. The first-order valence-corrected chi connectivity index (χ1v) is 11.8. The quantitative estimate of drug-likeness (QED) is 0.293. The normalized spacial score (nSPS) is 11.8. The van der Waals surface area contributed by atoms with Crippen LogP contribution in [0, 0.1) is 0 Å². The molecule has 4 aromatic rings. The fourth-order valence-electron chi connectivity index (χ4n) is 4.29. The van der Waals surface area contributed by atoms with E-state index in [1.165, 1.54) is 11.1 Å². The predicted molar refractivity (Wildman–Crippen MR) is 143 cm³/mol. The van der Waals surface area contributed by atoms with Gasteiger partial charge >= 0.3 is 0 Å². The molecular formula is C32H34O2. The summed E-state index contributed by atoms with van der Waals surface area (Å²) in [5, 5.41) is 0. The van der Waals surface area contributed by atoms with Crippen molar-refractivity contribution in [2.24, 2.45) is 0 Å². The van der Waals surface area contributed by atoms with E-state index in [1.54, 1.807) is 7.11 Å². The second-order valence-corrected chi connectivity index (χ2v) is 10.2. The van der Waals surface area contributed by atoms with Crippen LogP contribution in [0.4, 0.5) is 0 Å². The standard InChI is InChI=1S/C32H34O2/c1-31(2,3)34-30-20-18-26(22-28(30)24-15-11-8-12-16-24)32(4,5)25-17-19-29(33-6)27(21-25)23-13-9-7-10-14-23/h7-22H,1-6H3. The summed E-state index contributed by atoms with van der Waals surface area (Å²) in [7, 11) is 1.73. The number of benzene rings is 4. The van der Waals surface area contributed by atoms with Gasteiger partial charge in [0.25, 0.3) is 0 Å². The SMILES string of the molecule is COc1ccc(C(C)(C)c2ccc(OC(C)(C)C)c(-c3ccccc3)c2)cc1-c1ccccc1. The molecule has 2 nitrogen and oxygen atoms in total. The van der Waals surface area contributed by atoms with Gasteiger partial charge in [0.1, 0.15) is 17.1 Å². The first-order chi connectivity index (χ1) is 16.2. The molecule has 4 aromatic carbocycles. The lowest BCUT2D eigenvalue weighted by atomic mass is 9.76. The molecular weight excluding hydrogens is 416 g/mol. The molecule has 34 heavy (non-hydrogen) atoms. The molecule has 0 unspecified atom stereocenters. The second-order valence-electron chi connectivity index (χ2n) is 10.2. The maximum atomic E-state index is 6.35. The molecule has 0 aliphatic rings. The molecule has 0 amide bonds. The van der Waals surface area contributed by atoms with Crippen LogP contribution in [0.15, 0.2) is 97.1 Å². The van der Waals surface area contributed by atoms with Crippen LogP contribution in [-0.2, 0) is 5.41 Å². The molecule has 0 atom stereocenters. The van der Waals surface area contributed by atoms with Crippen molar-refractivity contribution >= 4 is 0 Å². The van der Waals surface area contributed by atoms with Crippen molar-refractivity contribution in [1.29, 1.82) is 0 Å². The van der Waals surface area contributed by atoms with Gasteiger partial charge < -0.3 is 9.47 Å². The summed E-state index contributed by atoms with van der Waals surface area (Å²) in [6, 6.07) is 34.0. The smallest absolute Gasteiger partial charge is 0.127 e. The average molecular weight is 451 g/mol. The highest BCUT2D eigenvalue weighted by Gasteiger charge is 2.26. The fourth-order valence-corrected chi connectivity index (χ4v) is 4.29. The van der Waals surface area contributed by atoms with Crippen LogP contribution in [0.5, 0.6) is 11.5 Å². The van der Waals surface area contributed by atoms with E-state index >= 15 is 0 Å². The monoisotopic (exact) mass is 450 g/mol. The van der Waals surface area contributed by atoms with Crippen LogP contribution in [0.2, 0.25) is 0 Å². The first kappa shape index (κ1) is 23.6. The molecule has 174 valence electrons. The zero-order chi connectivity index (χ0) is 24.3. The number of rotatable bonds is 6. The molecule has 0 fully saturated rings. The Morgan fingerprint density at radius 3 is 1.41 bits per heavy atom. The van der Waals surface area contributed by atoms with Crippen molar-refractivity contribution in [2.75, 3.05) is 7.11 Å². The van der Waals surface area contributed by atoms with E-state index in [4.69, 9.17) is 9.47 Å². The van der Waals surface area contributed by atoms with Gasteiger partial charge in [-0.05, 0) is 67.3 Å². The Kier molecular flexibility index (Phi) is 6.52. The van der Waals surface area contributed by atoms with Crippen LogP contribution in [-0.4, -0.2) is 12.7 Å². The topological polar surface area (TPSA) is 18.5 Å². The molecule has 0 heterocycles. The lowest BCUT2D eigenvalue weighted by molar-refractivity contribution is 0.131. The zero-order valence-corrected chi connectivity index (χ0v) is 21.1. The van der Waals surface area contributed by atoms with Crippen molar-refractivity contribution in [2.45, 2.75) is 45.6 Å². The predicted octanol–water partition coefficient (Wildman–Crippen LogP) is 8.53. The van der Waals surface area contributed by atoms with Gasteiger partial charge in [-0.15, -0.1) is 0 Å². The summed E-state index contributed by atoms with van der Waals surface area (Å²) >= 11 is 0. The number of hydrogen-bond acceptors (Lipinski definition) is 2. The van der Waals surface area contributed by atoms with E-state index in [1.807, 2.05) is 12.1 Å². The van der Waals surface area contributed by atoms with Gasteiger partial charge in [-0.3, -0.25) is 0 Å². The third-order valence-corrected chi connectivity index (χ3v) is 6.21. The number of ether oxygens (including phenoxy) is 2. The molecule has 0 aliphatic heterocycles. The summed E-state index contributed by atoms with van der Waals surface area (Å²) in [5.74, 6) is 1.78. The van der Waals surface area contributed by atoms with Crippen molar-refractivity contribution < 1.29 is 9.47 Å². The molecule has 0 spiro atoms. The van der Waals surface area contributed by atoms with Gasteiger partial charge in [-0.1, -0.05) is 86.6 Å². The fraction of sp³-hybridized carbons (Fsp3) is 0.250. The van der Waals surface area contributed by atoms with E-state index in [0.717, 1.165) is 33.8 Å². The van der Waals surface area contributed by atoms with E-state index in [9.17, 15) is 0 Å². The lowest BCUT2D eigenvalue weighted by Gasteiger charge is -2.29. The van der Waals surface area contributed by atoms with Gasteiger partial charge in [0.2, 0.25) is 0 Å². The minimum Gasteiger partial charge on any atom is -0.496 e. The van der Waals surface area contributed by atoms with Crippen LogP contribution in [0.25, 0.3) is 22.3 Å². The lowest BCUT2D eigenvalue weighted by Crippen LogP contribution is -2.24. The van der Waals surface area contributed by atoms with Gasteiger partial charge in [-0.25, -0.2) is 0 Å². The van der Waals surface area contributed by atoms with Gasteiger partial charge in [0.15, 0.2) is 0 Å². The maximum absolute atomic E-state index is 6.35. The Morgan fingerprint density at radius 2 is 0.971 bits per heavy atom. The second kappa shape index (κ2) is 9.38. The number of hydrogen-bond donors (Lipinski definition) is 0. The molecule has 0 N–H and O–H groups in total. The highest BCUT2D eigenvalue weighted by Crippen LogP contribution is 2.41. The highest BCUT2D eigenvalue weighted by atomic mass is 16.5. The third-order valence-electron chi connectivity index (χ3n) is 6.21. The van der Waals surface area contributed by atoms with Crippen molar-refractivity contribution in [3.63, 3.8) is 0 Å². The summed E-state index contributed by atoms with van der Waals surface area (Å²) in [6.45, 7) is 10.8. The molecule has 0 saturated carbocycles. The van der Waals surface area contributed by atoms with Crippen molar-refractivity contribution in [1.82, 2.24) is 0 Å². The largest absolute Gasteiger partial charge is 0.496 e. The number of methoxy groups -OCH3 is 1. The molecule has 0 aromatic heterocycles. The van der Waals surface area contributed by atoms with Gasteiger partial charge in [0.05, 0.1) is 7.11 Å². The van der Waals surface area contributed by atoms with E-state index in [-0.39, 0.29) is 11.0 Å². The van der Waals surface area contributed by atoms with Crippen LogP contribution < -0.4 is 9.47 Å². The molecule has 0 bridgehead atoms. The van der Waals surface area contributed by atoms with E-state index < -0.39 is 0 Å². The highest BCUT2D eigenvalue weighted by molar-refractivity contribution is 5.74. The Balaban J connectivity index is 1.83. The maximum Gasteiger partial charge on any atom is 0.127 e. The van der Waals surface area contributed by atoms with Crippen molar-refractivity contribution in [3.05, 3.63) is 108 Å². The Morgan fingerprint density at radius 1 is 0.529 bits per heavy atom. The van der Waals surface area contributed by atoms with Crippen LogP contribution in [0.1, 0.15) is 45.7 Å². The first-order valence-electron chi connectivity index (χ1n) is 11.8. The Labute approximate surface area is 204 Å².